The molecule has 46 heavy (non-hydrogen) atoms. The molecular weight excluding hydrogens is 576 g/mol. The van der Waals surface area contributed by atoms with E-state index in [-0.39, 0.29) is 12.2 Å². The van der Waals surface area contributed by atoms with Crippen molar-refractivity contribution < 1.29 is 24.2 Å². The smallest absolute Gasteiger partial charge is 0.326 e. The van der Waals surface area contributed by atoms with Crippen LogP contribution in [0.2, 0.25) is 0 Å². The standard InChI is InChI=1S/C39H38N2O5/c1-28-11-10-15-32(25-28)41(27-31-14-6-9-18-37(31)45-2)23-24-46-33-21-19-29(20-22-33)26-36(39(43)44)40-35-17-8-7-16-34(35)38(42)30-12-4-3-5-13-30/h3-22,25,36,40H,23-24,26-27H2,1-2H3,(H,43,44)/t36-/m0/s1. The summed E-state index contributed by atoms with van der Waals surface area (Å²) in [6.07, 6.45) is 0.226. The van der Waals surface area contributed by atoms with Crippen LogP contribution in [0.15, 0.2) is 127 Å². The largest absolute Gasteiger partial charge is 0.496 e. The van der Waals surface area contributed by atoms with Crippen molar-refractivity contribution in [2.24, 2.45) is 0 Å². The summed E-state index contributed by atoms with van der Waals surface area (Å²) in [6, 6.07) is 38.9. The summed E-state index contributed by atoms with van der Waals surface area (Å²) in [4.78, 5) is 27.7. The Bertz CT molecular complexity index is 1750. The molecule has 0 unspecified atom stereocenters. The molecule has 0 fully saturated rings. The number of ketones is 1. The molecule has 0 aromatic heterocycles. The lowest BCUT2D eigenvalue weighted by Gasteiger charge is -2.26. The number of hydrogen-bond donors (Lipinski definition) is 2. The highest BCUT2D eigenvalue weighted by Crippen LogP contribution is 2.25. The molecule has 1 atom stereocenters. The molecule has 0 radical (unpaired) electrons. The summed E-state index contributed by atoms with van der Waals surface area (Å²) in [5, 5.41) is 13.1. The monoisotopic (exact) mass is 614 g/mol. The fourth-order valence-corrected chi connectivity index (χ4v) is 5.33. The molecule has 0 saturated carbocycles. The van der Waals surface area contributed by atoms with Gasteiger partial charge in [-0.15, -0.1) is 0 Å². The number of methoxy groups -OCH3 is 1. The number of aryl methyl sites for hydroxylation is 1. The van der Waals surface area contributed by atoms with Gasteiger partial charge in [-0.1, -0.05) is 84.9 Å². The number of ether oxygens (including phenoxy) is 2. The van der Waals surface area contributed by atoms with Crippen molar-refractivity contribution in [1.82, 2.24) is 0 Å². The number of carboxylic acid groups (broad SMARTS) is 1. The molecule has 5 aromatic carbocycles. The van der Waals surface area contributed by atoms with Crippen LogP contribution in [0.3, 0.4) is 0 Å². The third-order valence-electron chi connectivity index (χ3n) is 7.75. The van der Waals surface area contributed by atoms with Crippen molar-refractivity contribution >= 4 is 23.1 Å². The molecule has 0 spiro atoms. The van der Waals surface area contributed by atoms with E-state index in [2.05, 4.69) is 47.5 Å². The van der Waals surface area contributed by atoms with Gasteiger partial charge in [0.15, 0.2) is 5.78 Å². The molecule has 7 heteroatoms. The second kappa shape index (κ2) is 15.4. The molecule has 234 valence electrons. The summed E-state index contributed by atoms with van der Waals surface area (Å²) in [5.74, 6) is 0.368. The molecule has 5 rings (SSSR count). The van der Waals surface area contributed by atoms with Gasteiger partial charge in [-0.05, 0) is 60.5 Å². The maximum absolute atomic E-state index is 13.1. The van der Waals surface area contributed by atoms with Crippen molar-refractivity contribution in [3.63, 3.8) is 0 Å². The van der Waals surface area contributed by atoms with Gasteiger partial charge < -0.3 is 24.8 Å². The minimum Gasteiger partial charge on any atom is -0.496 e. The second-order valence-corrected chi connectivity index (χ2v) is 11.0. The number of anilines is 2. The van der Waals surface area contributed by atoms with Gasteiger partial charge in [0.05, 0.1) is 13.7 Å². The summed E-state index contributed by atoms with van der Waals surface area (Å²) in [6.45, 7) is 3.85. The first-order valence-electron chi connectivity index (χ1n) is 15.2. The molecule has 0 amide bonds. The third kappa shape index (κ3) is 8.33. The minimum absolute atomic E-state index is 0.168. The first-order chi connectivity index (χ1) is 22.4. The highest BCUT2D eigenvalue weighted by molar-refractivity contribution is 6.12. The normalized spacial score (nSPS) is 11.3. The lowest BCUT2D eigenvalue weighted by molar-refractivity contribution is -0.137. The summed E-state index contributed by atoms with van der Waals surface area (Å²) in [5.41, 5.74) is 5.65. The minimum atomic E-state index is -1.01. The maximum Gasteiger partial charge on any atom is 0.326 e. The van der Waals surface area contributed by atoms with E-state index < -0.39 is 12.0 Å². The highest BCUT2D eigenvalue weighted by Gasteiger charge is 2.21. The lowest BCUT2D eigenvalue weighted by atomic mass is 10.00. The number of nitrogens with zero attached hydrogens (tertiary/aromatic N) is 1. The van der Waals surface area contributed by atoms with Crippen LogP contribution in [0.1, 0.15) is 32.6 Å². The van der Waals surface area contributed by atoms with Crippen molar-refractivity contribution in [2.45, 2.75) is 25.9 Å². The van der Waals surface area contributed by atoms with Crippen LogP contribution in [-0.4, -0.2) is 43.2 Å². The number of aliphatic carboxylic acids is 1. The average Bonchev–Trinajstić information content (AvgIpc) is 3.08. The third-order valence-corrected chi connectivity index (χ3v) is 7.75. The van der Waals surface area contributed by atoms with Gasteiger partial charge in [0, 0.05) is 41.0 Å². The molecule has 0 bridgehead atoms. The SMILES string of the molecule is COc1ccccc1CN(CCOc1ccc(C[C@H](Nc2ccccc2C(=O)c2ccccc2)C(=O)O)cc1)c1cccc(C)c1. The number of para-hydroxylation sites is 2. The number of hydrogen-bond acceptors (Lipinski definition) is 6. The van der Waals surface area contributed by atoms with E-state index in [1.165, 1.54) is 5.56 Å². The van der Waals surface area contributed by atoms with Crippen LogP contribution in [0.25, 0.3) is 0 Å². The number of benzene rings is 5. The van der Waals surface area contributed by atoms with Gasteiger partial charge in [-0.25, -0.2) is 4.79 Å². The zero-order valence-electron chi connectivity index (χ0n) is 26.1. The van der Waals surface area contributed by atoms with Crippen molar-refractivity contribution in [3.8, 4) is 11.5 Å². The Kier molecular flexibility index (Phi) is 10.7. The quantitative estimate of drug-likeness (QED) is 0.119. The van der Waals surface area contributed by atoms with E-state index in [1.54, 1.807) is 55.6 Å². The zero-order chi connectivity index (χ0) is 32.3. The Morgan fingerprint density at radius 1 is 0.826 bits per heavy atom. The molecular formula is C39H38N2O5. The van der Waals surface area contributed by atoms with Gasteiger partial charge in [0.25, 0.3) is 0 Å². The van der Waals surface area contributed by atoms with Crippen molar-refractivity contribution in [3.05, 3.63) is 155 Å². The average molecular weight is 615 g/mol. The Labute approximate surface area is 270 Å². The van der Waals surface area contributed by atoms with E-state index in [4.69, 9.17) is 9.47 Å². The Morgan fingerprint density at radius 3 is 2.28 bits per heavy atom. The first-order valence-corrected chi connectivity index (χ1v) is 15.2. The number of carbonyl (C=O) groups is 2. The Hall–Kier alpha value is -5.56. The van der Waals surface area contributed by atoms with E-state index in [0.717, 1.165) is 22.6 Å². The first kappa shape index (κ1) is 31.9. The van der Waals surface area contributed by atoms with Crippen LogP contribution in [0, 0.1) is 6.92 Å². The molecule has 0 heterocycles. The van der Waals surface area contributed by atoms with Gasteiger partial charge in [-0.2, -0.15) is 0 Å². The van der Waals surface area contributed by atoms with Crippen molar-refractivity contribution in [2.75, 3.05) is 30.5 Å². The van der Waals surface area contributed by atoms with Gasteiger partial charge in [-0.3, -0.25) is 4.79 Å². The number of carboxylic acids is 1. The van der Waals surface area contributed by atoms with Gasteiger partial charge in [0.1, 0.15) is 24.1 Å². The number of nitrogens with one attached hydrogen (secondary N) is 1. The van der Waals surface area contributed by atoms with E-state index in [9.17, 15) is 14.7 Å². The fourth-order valence-electron chi connectivity index (χ4n) is 5.33. The molecule has 7 nitrogen and oxygen atoms in total. The molecule has 0 aliphatic carbocycles. The Morgan fingerprint density at radius 2 is 1.54 bits per heavy atom. The molecule has 0 saturated heterocycles. The van der Waals surface area contributed by atoms with Crippen LogP contribution in [-0.2, 0) is 17.8 Å². The number of carbonyl (C=O) groups excluding carboxylic acids is 1. The van der Waals surface area contributed by atoms with Crippen LogP contribution in [0.4, 0.5) is 11.4 Å². The zero-order valence-corrected chi connectivity index (χ0v) is 26.1. The molecule has 2 N–H and O–H groups in total. The summed E-state index contributed by atoms with van der Waals surface area (Å²) < 4.78 is 11.7. The van der Waals surface area contributed by atoms with Gasteiger partial charge in [0.2, 0.25) is 0 Å². The predicted molar refractivity (Wildman–Crippen MR) is 182 cm³/mol. The lowest BCUT2D eigenvalue weighted by Crippen LogP contribution is -2.32. The van der Waals surface area contributed by atoms with E-state index in [1.807, 2.05) is 48.5 Å². The maximum atomic E-state index is 13.1. The number of rotatable bonds is 15. The Balaban J connectivity index is 1.22. The molecule has 0 aliphatic rings. The second-order valence-electron chi connectivity index (χ2n) is 11.0. The fraction of sp³-hybridized carbons (Fsp3) is 0.179. The predicted octanol–water partition coefficient (Wildman–Crippen LogP) is 7.43. The van der Waals surface area contributed by atoms with E-state index in [0.29, 0.717) is 42.3 Å². The van der Waals surface area contributed by atoms with E-state index >= 15 is 0 Å². The van der Waals surface area contributed by atoms with Crippen molar-refractivity contribution in [1.29, 1.82) is 0 Å². The topological polar surface area (TPSA) is 88.1 Å². The van der Waals surface area contributed by atoms with Crippen LogP contribution in [0.5, 0.6) is 11.5 Å². The van der Waals surface area contributed by atoms with Crippen LogP contribution >= 0.6 is 0 Å². The highest BCUT2D eigenvalue weighted by atomic mass is 16.5. The van der Waals surface area contributed by atoms with Gasteiger partial charge >= 0.3 is 5.97 Å². The van der Waals surface area contributed by atoms with Crippen LogP contribution < -0.4 is 19.7 Å². The molecule has 5 aromatic rings. The molecule has 0 aliphatic heterocycles. The summed E-state index contributed by atoms with van der Waals surface area (Å²) >= 11 is 0. The summed E-state index contributed by atoms with van der Waals surface area (Å²) in [7, 11) is 1.68.